The van der Waals surface area contributed by atoms with Gasteiger partial charge in [0.2, 0.25) is 5.75 Å². The molecule has 8 nitrogen and oxygen atoms in total. The molecule has 0 radical (unpaired) electrons. The lowest BCUT2D eigenvalue weighted by Gasteiger charge is -2.14. The summed E-state index contributed by atoms with van der Waals surface area (Å²) >= 11 is 0. The van der Waals surface area contributed by atoms with Gasteiger partial charge in [0.25, 0.3) is 11.8 Å². The van der Waals surface area contributed by atoms with Crippen molar-refractivity contribution in [2.24, 2.45) is 5.84 Å². The average molecular weight is 369 g/mol. The third kappa shape index (κ3) is 3.06. The molecule has 0 atom stereocenters. The first-order valence-corrected chi connectivity index (χ1v) is 8.01. The average Bonchev–Trinajstić information content (AvgIpc) is 3.11. The van der Waals surface area contributed by atoms with Crippen molar-refractivity contribution in [3.8, 4) is 17.2 Å². The number of ether oxygens (including phenoxy) is 3. The SMILES string of the molecule is COc1cc(C(=O)n2cc(C(=O)NN)c3ccccc32)cc(OC)c1OC. The Kier molecular flexibility index (Phi) is 5.00. The van der Waals surface area contributed by atoms with Gasteiger partial charge < -0.3 is 14.2 Å². The number of rotatable bonds is 5. The maximum atomic E-state index is 13.2. The van der Waals surface area contributed by atoms with E-state index in [-0.39, 0.29) is 5.91 Å². The van der Waals surface area contributed by atoms with Crippen molar-refractivity contribution in [3.63, 3.8) is 0 Å². The van der Waals surface area contributed by atoms with Crippen LogP contribution in [0.15, 0.2) is 42.6 Å². The number of fused-ring (bicyclic) bond motifs is 1. The molecule has 2 aromatic carbocycles. The number of methoxy groups -OCH3 is 3. The molecule has 27 heavy (non-hydrogen) atoms. The number of nitrogen functional groups attached to an aromatic ring is 1. The second kappa shape index (κ2) is 7.38. The van der Waals surface area contributed by atoms with Gasteiger partial charge in [0, 0.05) is 17.1 Å². The second-order valence-electron chi connectivity index (χ2n) is 5.62. The van der Waals surface area contributed by atoms with Gasteiger partial charge >= 0.3 is 0 Å². The molecule has 0 spiro atoms. The summed E-state index contributed by atoms with van der Waals surface area (Å²) in [6, 6.07) is 10.2. The Hall–Kier alpha value is -3.52. The molecule has 3 N–H and O–H groups in total. The summed E-state index contributed by atoms with van der Waals surface area (Å²) in [5, 5.41) is 0.612. The van der Waals surface area contributed by atoms with Crippen molar-refractivity contribution in [1.82, 2.24) is 9.99 Å². The smallest absolute Gasteiger partial charge is 0.267 e. The number of carbonyl (C=O) groups excluding carboxylic acids is 2. The zero-order valence-corrected chi connectivity index (χ0v) is 15.1. The van der Waals surface area contributed by atoms with E-state index >= 15 is 0 Å². The molecule has 0 fully saturated rings. The summed E-state index contributed by atoms with van der Waals surface area (Å²) in [5.41, 5.74) is 3.29. The van der Waals surface area contributed by atoms with Gasteiger partial charge in [-0.05, 0) is 18.2 Å². The molecule has 1 heterocycles. The van der Waals surface area contributed by atoms with Crippen LogP contribution in [-0.4, -0.2) is 37.7 Å². The van der Waals surface area contributed by atoms with E-state index in [9.17, 15) is 9.59 Å². The number of carbonyl (C=O) groups is 2. The Morgan fingerprint density at radius 1 is 1.00 bits per heavy atom. The van der Waals surface area contributed by atoms with Crippen molar-refractivity contribution in [2.45, 2.75) is 0 Å². The van der Waals surface area contributed by atoms with E-state index in [0.717, 1.165) is 0 Å². The normalized spacial score (nSPS) is 10.5. The van der Waals surface area contributed by atoms with Crippen LogP contribution in [0.4, 0.5) is 0 Å². The molecule has 1 amide bonds. The van der Waals surface area contributed by atoms with Gasteiger partial charge in [0.15, 0.2) is 11.5 Å². The number of nitrogens with one attached hydrogen (secondary N) is 1. The van der Waals surface area contributed by atoms with E-state index in [1.165, 1.54) is 32.1 Å². The maximum Gasteiger partial charge on any atom is 0.267 e. The lowest BCUT2D eigenvalue weighted by molar-refractivity contribution is 0.0955. The molecule has 0 aliphatic heterocycles. The van der Waals surface area contributed by atoms with E-state index in [0.29, 0.717) is 39.3 Å². The van der Waals surface area contributed by atoms with Gasteiger partial charge in [0.05, 0.1) is 32.4 Å². The van der Waals surface area contributed by atoms with Crippen LogP contribution >= 0.6 is 0 Å². The topological polar surface area (TPSA) is 105 Å². The van der Waals surface area contributed by atoms with E-state index < -0.39 is 5.91 Å². The summed E-state index contributed by atoms with van der Waals surface area (Å²) < 4.78 is 17.3. The lowest BCUT2D eigenvalue weighted by atomic mass is 10.1. The van der Waals surface area contributed by atoms with Crippen LogP contribution in [0.1, 0.15) is 20.7 Å². The number of benzene rings is 2. The first-order valence-electron chi connectivity index (χ1n) is 8.01. The molecule has 8 heteroatoms. The van der Waals surface area contributed by atoms with E-state index in [4.69, 9.17) is 20.1 Å². The highest BCUT2D eigenvalue weighted by atomic mass is 16.5. The zero-order valence-electron chi connectivity index (χ0n) is 15.1. The summed E-state index contributed by atoms with van der Waals surface area (Å²) in [4.78, 5) is 25.2. The molecule has 3 aromatic rings. The molecule has 140 valence electrons. The fourth-order valence-electron chi connectivity index (χ4n) is 2.95. The standard InChI is InChI=1S/C19H19N3O5/c1-25-15-8-11(9-16(26-2)17(15)27-3)19(24)22-10-13(18(23)21-20)12-6-4-5-7-14(12)22/h4-10H,20H2,1-3H3,(H,21,23). The van der Waals surface area contributed by atoms with E-state index in [2.05, 4.69) is 5.43 Å². The highest BCUT2D eigenvalue weighted by Gasteiger charge is 2.22. The Bertz CT molecular complexity index is 1000. The van der Waals surface area contributed by atoms with Gasteiger partial charge in [-0.2, -0.15) is 0 Å². The van der Waals surface area contributed by atoms with E-state index in [1.807, 2.05) is 0 Å². The third-order valence-corrected chi connectivity index (χ3v) is 4.22. The van der Waals surface area contributed by atoms with Crippen LogP contribution in [0.25, 0.3) is 10.9 Å². The molecular formula is C19H19N3O5. The summed E-state index contributed by atoms with van der Waals surface area (Å²) in [5.74, 6) is 5.52. The molecule has 0 aliphatic rings. The quantitative estimate of drug-likeness (QED) is 0.405. The zero-order chi connectivity index (χ0) is 19.6. The van der Waals surface area contributed by atoms with Crippen molar-refractivity contribution < 1.29 is 23.8 Å². The minimum absolute atomic E-state index is 0.300. The van der Waals surface area contributed by atoms with Gasteiger partial charge in [-0.1, -0.05) is 18.2 Å². The number of hydrazine groups is 1. The molecule has 0 saturated heterocycles. The van der Waals surface area contributed by atoms with E-state index in [1.54, 1.807) is 36.4 Å². The second-order valence-corrected chi connectivity index (χ2v) is 5.62. The number of aromatic nitrogens is 1. The van der Waals surface area contributed by atoms with Crippen LogP contribution in [-0.2, 0) is 0 Å². The first-order chi connectivity index (χ1) is 13.0. The number of hydrogen-bond acceptors (Lipinski definition) is 6. The largest absolute Gasteiger partial charge is 0.493 e. The fraction of sp³-hybridized carbons (Fsp3) is 0.158. The van der Waals surface area contributed by atoms with Gasteiger partial charge in [-0.15, -0.1) is 0 Å². The van der Waals surface area contributed by atoms with Gasteiger partial charge in [-0.3, -0.25) is 19.6 Å². The molecule has 3 rings (SSSR count). The van der Waals surface area contributed by atoms with Crippen molar-refractivity contribution >= 4 is 22.7 Å². The number of nitrogens with two attached hydrogens (primary N) is 1. The van der Waals surface area contributed by atoms with Crippen LogP contribution in [0.3, 0.4) is 0 Å². The molecule has 0 saturated carbocycles. The Labute approximate surface area is 155 Å². The first kappa shape index (κ1) is 18.3. The highest BCUT2D eigenvalue weighted by molar-refractivity contribution is 6.11. The molecular weight excluding hydrogens is 350 g/mol. The van der Waals surface area contributed by atoms with Crippen LogP contribution in [0, 0.1) is 0 Å². The van der Waals surface area contributed by atoms with Crippen molar-refractivity contribution in [3.05, 3.63) is 53.7 Å². The number of para-hydroxylation sites is 1. The number of hydrogen-bond donors (Lipinski definition) is 2. The molecule has 1 aromatic heterocycles. The summed E-state index contributed by atoms with van der Waals surface area (Å²) in [7, 11) is 4.43. The lowest BCUT2D eigenvalue weighted by Crippen LogP contribution is -2.29. The fourth-order valence-corrected chi connectivity index (χ4v) is 2.95. The Morgan fingerprint density at radius 2 is 1.63 bits per heavy atom. The molecule has 0 unspecified atom stereocenters. The van der Waals surface area contributed by atoms with Gasteiger partial charge in [0.1, 0.15) is 0 Å². The van der Waals surface area contributed by atoms with Crippen LogP contribution in [0.5, 0.6) is 17.2 Å². The minimum atomic E-state index is -0.484. The third-order valence-electron chi connectivity index (χ3n) is 4.22. The predicted molar refractivity (Wildman–Crippen MR) is 99.4 cm³/mol. The van der Waals surface area contributed by atoms with Crippen LogP contribution in [0.2, 0.25) is 0 Å². The highest BCUT2D eigenvalue weighted by Crippen LogP contribution is 2.38. The summed E-state index contributed by atoms with van der Waals surface area (Å²) in [6.07, 6.45) is 1.46. The Morgan fingerprint density at radius 3 is 2.19 bits per heavy atom. The van der Waals surface area contributed by atoms with Crippen molar-refractivity contribution in [2.75, 3.05) is 21.3 Å². The monoisotopic (exact) mass is 369 g/mol. The van der Waals surface area contributed by atoms with Crippen molar-refractivity contribution in [1.29, 1.82) is 0 Å². The van der Waals surface area contributed by atoms with Gasteiger partial charge in [-0.25, -0.2) is 5.84 Å². The summed E-state index contributed by atoms with van der Waals surface area (Å²) in [6.45, 7) is 0. The minimum Gasteiger partial charge on any atom is -0.493 e. The van der Waals surface area contributed by atoms with Crippen LogP contribution < -0.4 is 25.5 Å². The number of amides is 1. The molecule has 0 bridgehead atoms. The maximum absolute atomic E-state index is 13.2. The number of nitrogens with zero attached hydrogens (tertiary/aromatic N) is 1. The Balaban J connectivity index is 2.18. The molecule has 0 aliphatic carbocycles. The predicted octanol–water partition coefficient (Wildman–Crippen LogP) is 1.96.